The maximum Gasteiger partial charge on any atom is -0.269 e. The third-order valence-electron chi connectivity index (χ3n) is 2.12. The second kappa shape index (κ2) is 4.27. The molecule has 3 heteroatoms. The maximum atomic E-state index is 2.32. The quantitative estimate of drug-likeness (QED) is 0.633. The SMILES string of the molecule is C[C]1([Hf])C=Cc2ccccc21.F.F. The fourth-order valence-corrected chi connectivity index (χ4v) is 2.58. The van der Waals surface area contributed by atoms with E-state index >= 15 is 0 Å². The zero-order valence-electron chi connectivity index (χ0n) is 7.28. The minimum absolute atomic E-state index is 0. The number of rotatable bonds is 0. The Kier molecular flexibility index (Phi) is 4.17. The number of benzene rings is 1. The molecule has 0 nitrogen and oxygen atoms in total. The third kappa shape index (κ3) is 2.13. The monoisotopic (exact) mass is 349 g/mol. The molecule has 0 aromatic heterocycles. The van der Waals surface area contributed by atoms with Crippen molar-refractivity contribution in [2.45, 2.75) is 10.1 Å². The zero-order chi connectivity index (χ0) is 7.90. The van der Waals surface area contributed by atoms with Gasteiger partial charge in [-0.05, 0) is 0 Å². The van der Waals surface area contributed by atoms with E-state index in [0.29, 0.717) is 3.17 Å². The van der Waals surface area contributed by atoms with E-state index in [-0.39, 0.29) is 9.41 Å². The summed E-state index contributed by atoms with van der Waals surface area (Å²) in [6.45, 7) is 2.31. The van der Waals surface area contributed by atoms with Crippen LogP contribution >= 0.6 is 0 Å². The van der Waals surface area contributed by atoms with Crippen LogP contribution in [0.4, 0.5) is 9.41 Å². The Balaban J connectivity index is 0.000000720. The molecule has 1 aromatic carbocycles. The summed E-state index contributed by atoms with van der Waals surface area (Å²) in [5.41, 5.74) is 2.91. The average molecular weight is 348 g/mol. The number of hydrogen-bond donors (Lipinski definition) is 0. The van der Waals surface area contributed by atoms with Crippen LogP contribution in [0, 0.1) is 0 Å². The first-order valence-corrected chi connectivity index (χ1v) is 5.53. The van der Waals surface area contributed by atoms with Crippen LogP contribution in [0.3, 0.4) is 0 Å². The van der Waals surface area contributed by atoms with E-state index in [1.807, 2.05) is 0 Å². The summed E-state index contributed by atoms with van der Waals surface area (Å²) in [5.74, 6) is 0. The molecule has 1 unspecified atom stereocenters. The Morgan fingerprint density at radius 1 is 1.15 bits per heavy atom. The van der Waals surface area contributed by atoms with Gasteiger partial charge < -0.3 is 0 Å². The Hall–Kier alpha value is -0.310. The van der Waals surface area contributed by atoms with Crippen LogP contribution in [0.25, 0.3) is 6.08 Å². The first-order valence-electron chi connectivity index (χ1n) is 3.74. The molecule has 13 heavy (non-hydrogen) atoms. The molecule has 0 saturated carbocycles. The largest absolute Gasteiger partial charge is 0.269 e. The third-order valence-corrected chi connectivity index (χ3v) is 3.68. The van der Waals surface area contributed by atoms with Gasteiger partial charge in [0, 0.05) is 0 Å². The first kappa shape index (κ1) is 12.7. The standard InChI is InChI=1S/C10H9.2FH.Hf/c1-8-6-7-9-4-2-3-5-10(8)9;;;/h2-7H,1H3;2*1H;. The summed E-state index contributed by atoms with van der Waals surface area (Å²) in [6, 6.07) is 8.66. The van der Waals surface area contributed by atoms with Crippen LogP contribution in [0.2, 0.25) is 0 Å². The zero-order valence-corrected chi connectivity index (χ0v) is 10.9. The fraction of sp³-hybridized carbons (Fsp3) is 0.200. The van der Waals surface area contributed by atoms with Crippen molar-refractivity contribution in [2.24, 2.45) is 0 Å². The molecule has 0 radical (unpaired) electrons. The molecule has 0 spiro atoms. The number of halogens is 2. The molecule has 2 rings (SSSR count). The second-order valence-corrected chi connectivity index (χ2v) is 6.85. The van der Waals surface area contributed by atoms with E-state index in [1.54, 1.807) is 0 Å². The molecule has 0 saturated heterocycles. The van der Waals surface area contributed by atoms with Gasteiger partial charge >= 0.3 is 82.0 Å². The molecule has 1 aromatic rings. The smallest absolute Gasteiger partial charge is 0.269 e. The van der Waals surface area contributed by atoms with Crippen molar-refractivity contribution in [3.05, 3.63) is 41.5 Å². The summed E-state index contributed by atoms with van der Waals surface area (Å²) < 4.78 is 0.386. The van der Waals surface area contributed by atoms with Gasteiger partial charge in [-0.1, -0.05) is 0 Å². The van der Waals surface area contributed by atoms with Crippen LogP contribution in [-0.2, 0) is 27.5 Å². The summed E-state index contributed by atoms with van der Waals surface area (Å²) >= 11 is 1.20. The normalized spacial score (nSPS) is 22.8. The minimum atomic E-state index is 0. The molecule has 69 valence electrons. The van der Waals surface area contributed by atoms with Gasteiger partial charge in [0.1, 0.15) is 0 Å². The minimum Gasteiger partial charge on any atom is -0.269 e. The number of allylic oxidation sites excluding steroid dienone is 1. The van der Waals surface area contributed by atoms with E-state index in [1.165, 1.54) is 35.5 Å². The van der Waals surface area contributed by atoms with E-state index in [0.717, 1.165) is 0 Å². The van der Waals surface area contributed by atoms with Crippen molar-refractivity contribution < 1.29 is 33.8 Å². The Labute approximate surface area is 91.3 Å². The van der Waals surface area contributed by atoms with Gasteiger partial charge in [-0.15, -0.1) is 0 Å². The van der Waals surface area contributed by atoms with Gasteiger partial charge in [0.05, 0.1) is 0 Å². The van der Waals surface area contributed by atoms with Crippen LogP contribution in [-0.4, -0.2) is 0 Å². The molecule has 0 N–H and O–H groups in total. The Morgan fingerprint density at radius 2 is 1.77 bits per heavy atom. The maximum absolute atomic E-state index is 2.32. The molecule has 1 aliphatic carbocycles. The number of hydrogen-bond acceptors (Lipinski definition) is 0. The van der Waals surface area contributed by atoms with Gasteiger partial charge in [0.15, 0.2) is 0 Å². The molecule has 0 amide bonds. The number of fused-ring (bicyclic) bond motifs is 1. The van der Waals surface area contributed by atoms with E-state index < -0.39 is 0 Å². The Morgan fingerprint density at radius 3 is 2.38 bits per heavy atom. The second-order valence-electron chi connectivity index (χ2n) is 3.12. The molecular weight excluding hydrogens is 337 g/mol. The summed E-state index contributed by atoms with van der Waals surface area (Å²) in [5, 5.41) is 0. The summed E-state index contributed by atoms with van der Waals surface area (Å²) in [6.07, 6.45) is 4.56. The molecule has 0 heterocycles. The van der Waals surface area contributed by atoms with Crippen LogP contribution in [0.15, 0.2) is 30.3 Å². The molecule has 1 atom stereocenters. The van der Waals surface area contributed by atoms with Gasteiger partial charge in [0.2, 0.25) is 0 Å². The van der Waals surface area contributed by atoms with Gasteiger partial charge in [0.25, 0.3) is 0 Å². The van der Waals surface area contributed by atoms with Crippen molar-refractivity contribution in [3.8, 4) is 0 Å². The van der Waals surface area contributed by atoms with Crippen molar-refractivity contribution in [3.63, 3.8) is 0 Å². The predicted octanol–water partition coefficient (Wildman–Crippen LogP) is 2.78. The van der Waals surface area contributed by atoms with Crippen molar-refractivity contribution >= 4 is 6.08 Å². The molecule has 0 fully saturated rings. The van der Waals surface area contributed by atoms with Crippen LogP contribution in [0.1, 0.15) is 18.1 Å². The summed E-state index contributed by atoms with van der Waals surface area (Å²) in [7, 11) is 0. The van der Waals surface area contributed by atoms with E-state index in [9.17, 15) is 0 Å². The first-order chi connectivity index (χ1) is 5.20. The molecular formula is C10H11F2Hf. The molecule has 0 bridgehead atoms. The summed E-state index contributed by atoms with van der Waals surface area (Å²) in [4.78, 5) is 0. The van der Waals surface area contributed by atoms with Gasteiger partial charge in [-0.2, -0.15) is 0 Å². The topological polar surface area (TPSA) is 0 Å². The molecule has 1 aliphatic rings. The van der Waals surface area contributed by atoms with Crippen molar-refractivity contribution in [1.29, 1.82) is 0 Å². The van der Waals surface area contributed by atoms with E-state index in [4.69, 9.17) is 0 Å². The predicted molar refractivity (Wildman–Crippen MR) is 47.8 cm³/mol. The van der Waals surface area contributed by atoms with Crippen LogP contribution < -0.4 is 0 Å². The fourth-order valence-electron chi connectivity index (χ4n) is 1.46. The van der Waals surface area contributed by atoms with E-state index in [2.05, 4.69) is 43.3 Å². The van der Waals surface area contributed by atoms with Gasteiger partial charge in [-0.3, -0.25) is 9.41 Å². The van der Waals surface area contributed by atoms with Crippen molar-refractivity contribution in [1.82, 2.24) is 0 Å². The molecule has 0 aliphatic heterocycles. The average Bonchev–Trinajstić information content (AvgIpc) is 2.29. The Bertz CT molecular complexity index is 318. The van der Waals surface area contributed by atoms with Gasteiger partial charge in [-0.25, -0.2) is 0 Å². The van der Waals surface area contributed by atoms with Crippen LogP contribution in [0.5, 0.6) is 0 Å². The van der Waals surface area contributed by atoms with Crippen molar-refractivity contribution in [2.75, 3.05) is 0 Å².